The summed E-state index contributed by atoms with van der Waals surface area (Å²) in [7, 11) is -3.88. The Balaban J connectivity index is 1.37. The van der Waals surface area contributed by atoms with Crippen LogP contribution in [0, 0.1) is 0 Å². The lowest BCUT2D eigenvalue weighted by atomic mass is 10.0. The monoisotopic (exact) mass is 482 g/mol. The van der Waals surface area contributed by atoms with E-state index < -0.39 is 7.60 Å². The van der Waals surface area contributed by atoms with Crippen molar-refractivity contribution in [1.82, 2.24) is 15.1 Å². The SMILES string of the molecule is CCCN1N=C(c2nc(-c3ccc(CCCCCP(=O)(O)O)cc3)no2)CC1c1ccccc1. The van der Waals surface area contributed by atoms with Crippen LogP contribution in [0.3, 0.4) is 0 Å². The molecule has 2 heterocycles. The van der Waals surface area contributed by atoms with Gasteiger partial charge in [-0.15, -0.1) is 0 Å². The first-order valence-corrected chi connectivity index (χ1v) is 13.6. The molecule has 4 rings (SSSR count). The molecule has 9 heteroatoms. The minimum absolute atomic E-state index is 0.0420. The van der Waals surface area contributed by atoms with E-state index in [0.29, 0.717) is 18.1 Å². The summed E-state index contributed by atoms with van der Waals surface area (Å²) in [6.45, 7) is 3.01. The zero-order valence-corrected chi connectivity index (χ0v) is 20.3. The highest BCUT2D eigenvalue weighted by atomic mass is 31.2. The van der Waals surface area contributed by atoms with Gasteiger partial charge in [0.25, 0.3) is 5.89 Å². The first-order valence-electron chi connectivity index (χ1n) is 11.8. The predicted octanol–water partition coefficient (Wildman–Crippen LogP) is 5.19. The van der Waals surface area contributed by atoms with Crippen molar-refractivity contribution >= 4 is 13.3 Å². The number of aromatic nitrogens is 2. The van der Waals surface area contributed by atoms with Crippen LogP contribution in [0.15, 0.2) is 64.2 Å². The Morgan fingerprint density at radius 3 is 2.53 bits per heavy atom. The molecule has 8 nitrogen and oxygen atoms in total. The average molecular weight is 483 g/mol. The molecule has 0 saturated carbocycles. The number of aryl methyl sites for hydroxylation is 1. The van der Waals surface area contributed by atoms with Crippen LogP contribution in [-0.4, -0.2) is 43.4 Å². The van der Waals surface area contributed by atoms with Crippen molar-refractivity contribution in [2.45, 2.75) is 51.5 Å². The Morgan fingerprint density at radius 2 is 1.82 bits per heavy atom. The Hall–Kier alpha value is -2.80. The van der Waals surface area contributed by atoms with E-state index >= 15 is 0 Å². The van der Waals surface area contributed by atoms with Crippen molar-refractivity contribution in [3.05, 3.63) is 71.6 Å². The molecule has 2 N–H and O–H groups in total. The van der Waals surface area contributed by atoms with Gasteiger partial charge in [-0.05, 0) is 36.8 Å². The minimum atomic E-state index is -3.88. The zero-order chi connectivity index (χ0) is 24.0. The molecule has 34 heavy (non-hydrogen) atoms. The number of hydrogen-bond donors (Lipinski definition) is 2. The van der Waals surface area contributed by atoms with Crippen molar-refractivity contribution in [3.8, 4) is 11.4 Å². The van der Waals surface area contributed by atoms with Gasteiger partial charge < -0.3 is 14.3 Å². The van der Waals surface area contributed by atoms with Gasteiger partial charge in [-0.2, -0.15) is 10.1 Å². The molecule has 1 unspecified atom stereocenters. The van der Waals surface area contributed by atoms with Gasteiger partial charge in [-0.25, -0.2) is 0 Å². The maximum Gasteiger partial charge on any atom is 0.325 e. The van der Waals surface area contributed by atoms with E-state index in [9.17, 15) is 4.57 Å². The molecule has 0 radical (unpaired) electrons. The molecule has 0 saturated heterocycles. The van der Waals surface area contributed by atoms with Gasteiger partial charge in [0.1, 0.15) is 5.71 Å². The van der Waals surface area contributed by atoms with E-state index in [0.717, 1.165) is 49.9 Å². The second-order valence-electron chi connectivity index (χ2n) is 8.66. The number of hydrazone groups is 1. The Morgan fingerprint density at radius 1 is 1.06 bits per heavy atom. The van der Waals surface area contributed by atoms with E-state index in [1.54, 1.807) is 0 Å². The van der Waals surface area contributed by atoms with Crippen molar-refractivity contribution in [3.63, 3.8) is 0 Å². The third-order valence-electron chi connectivity index (χ3n) is 5.93. The third-order valence-corrected chi connectivity index (χ3v) is 6.83. The molecule has 0 spiro atoms. The zero-order valence-electron chi connectivity index (χ0n) is 19.4. The molecule has 180 valence electrons. The predicted molar refractivity (Wildman–Crippen MR) is 132 cm³/mol. The quantitative estimate of drug-likeness (QED) is 0.286. The summed E-state index contributed by atoms with van der Waals surface area (Å²) in [5.74, 6) is 1.000. The lowest BCUT2D eigenvalue weighted by Crippen LogP contribution is -2.20. The van der Waals surface area contributed by atoms with Crippen molar-refractivity contribution < 1.29 is 18.9 Å². The summed E-state index contributed by atoms with van der Waals surface area (Å²) in [6.07, 6.45) is 4.78. The average Bonchev–Trinajstić information content (AvgIpc) is 3.47. The van der Waals surface area contributed by atoms with E-state index in [1.165, 1.54) is 11.1 Å². The van der Waals surface area contributed by atoms with E-state index in [1.807, 2.05) is 42.5 Å². The largest absolute Gasteiger partial charge is 0.332 e. The van der Waals surface area contributed by atoms with Crippen molar-refractivity contribution in [2.24, 2.45) is 5.10 Å². The number of nitrogens with zero attached hydrogens (tertiary/aromatic N) is 4. The van der Waals surface area contributed by atoms with Gasteiger partial charge in [0.05, 0.1) is 6.04 Å². The summed E-state index contributed by atoms with van der Waals surface area (Å²) in [5, 5.41) is 11.1. The first-order chi connectivity index (χ1) is 16.4. The van der Waals surface area contributed by atoms with Crippen LogP contribution in [-0.2, 0) is 11.0 Å². The standard InChI is InChI=1S/C25H31N4O4P/c1-2-16-29-23(20-10-6-3-7-11-20)18-22(27-29)25-26-24(28-33-25)21-14-12-19(13-15-21)9-5-4-8-17-34(30,31)32/h3,6-7,10-15,23H,2,4-5,8-9,16-18H2,1H3,(H2,30,31,32). The molecule has 0 aliphatic carbocycles. The molecule has 2 aromatic carbocycles. The number of benzene rings is 2. The van der Waals surface area contributed by atoms with E-state index in [2.05, 4.69) is 34.2 Å². The van der Waals surface area contributed by atoms with Crippen LogP contribution in [0.5, 0.6) is 0 Å². The molecule has 0 fully saturated rings. The molecule has 1 aromatic heterocycles. The maximum absolute atomic E-state index is 10.9. The Bertz CT molecular complexity index is 1140. The highest BCUT2D eigenvalue weighted by molar-refractivity contribution is 7.51. The summed E-state index contributed by atoms with van der Waals surface area (Å²) < 4.78 is 16.5. The molecular formula is C25H31N4O4P. The molecular weight excluding hydrogens is 451 g/mol. The number of rotatable bonds is 11. The fourth-order valence-corrected chi connectivity index (χ4v) is 4.82. The van der Waals surface area contributed by atoms with Crippen molar-refractivity contribution in [2.75, 3.05) is 12.7 Å². The fourth-order valence-electron chi connectivity index (χ4n) is 4.19. The summed E-state index contributed by atoms with van der Waals surface area (Å²) in [5.41, 5.74) is 4.09. The van der Waals surface area contributed by atoms with E-state index in [-0.39, 0.29) is 12.2 Å². The maximum atomic E-state index is 10.9. The Kier molecular flexibility index (Phi) is 7.93. The van der Waals surface area contributed by atoms with Gasteiger partial charge in [-0.3, -0.25) is 9.57 Å². The van der Waals surface area contributed by atoms with Crippen molar-refractivity contribution in [1.29, 1.82) is 0 Å². The summed E-state index contributed by atoms with van der Waals surface area (Å²) in [6, 6.07) is 18.6. The molecule has 0 bridgehead atoms. The summed E-state index contributed by atoms with van der Waals surface area (Å²) in [4.78, 5) is 22.5. The van der Waals surface area contributed by atoms with Gasteiger partial charge in [0.2, 0.25) is 5.82 Å². The lowest BCUT2D eigenvalue weighted by molar-refractivity contribution is 0.234. The fraction of sp³-hybridized carbons (Fsp3) is 0.400. The second-order valence-corrected chi connectivity index (χ2v) is 10.4. The highest BCUT2D eigenvalue weighted by Gasteiger charge is 2.31. The third kappa shape index (κ3) is 6.41. The van der Waals surface area contributed by atoms with Crippen LogP contribution in [0.4, 0.5) is 0 Å². The molecule has 1 aliphatic heterocycles. The number of hydrogen-bond acceptors (Lipinski definition) is 6. The van der Waals surface area contributed by atoms with Crippen LogP contribution >= 0.6 is 7.60 Å². The minimum Gasteiger partial charge on any atom is -0.332 e. The molecule has 1 atom stereocenters. The smallest absolute Gasteiger partial charge is 0.325 e. The lowest BCUT2D eigenvalue weighted by Gasteiger charge is -2.23. The number of unbranched alkanes of at least 4 members (excludes halogenated alkanes) is 2. The van der Waals surface area contributed by atoms with Crippen LogP contribution in [0.2, 0.25) is 0 Å². The Labute approximate surface area is 199 Å². The second kappa shape index (κ2) is 11.1. The molecule has 0 amide bonds. The summed E-state index contributed by atoms with van der Waals surface area (Å²) >= 11 is 0. The molecule has 1 aliphatic rings. The van der Waals surface area contributed by atoms with Gasteiger partial charge in [0, 0.05) is 24.7 Å². The van der Waals surface area contributed by atoms with Crippen LogP contribution < -0.4 is 0 Å². The first kappa shape index (κ1) is 24.3. The normalized spacial score (nSPS) is 16.1. The van der Waals surface area contributed by atoms with Gasteiger partial charge in [-0.1, -0.05) is 73.1 Å². The molecule has 3 aromatic rings. The van der Waals surface area contributed by atoms with Gasteiger partial charge in [0.15, 0.2) is 0 Å². The highest BCUT2D eigenvalue weighted by Crippen LogP contribution is 2.35. The van der Waals surface area contributed by atoms with Crippen LogP contribution in [0.25, 0.3) is 11.4 Å². The topological polar surface area (TPSA) is 112 Å². The van der Waals surface area contributed by atoms with Gasteiger partial charge >= 0.3 is 7.60 Å². The van der Waals surface area contributed by atoms with E-state index in [4.69, 9.17) is 19.4 Å². The van der Waals surface area contributed by atoms with Crippen LogP contribution in [0.1, 0.15) is 62.1 Å².